The van der Waals surface area contributed by atoms with Gasteiger partial charge in [0.2, 0.25) is 0 Å². The van der Waals surface area contributed by atoms with Gasteiger partial charge in [-0.2, -0.15) is 0 Å². The van der Waals surface area contributed by atoms with Gasteiger partial charge in [0.1, 0.15) is 17.2 Å². The van der Waals surface area contributed by atoms with Crippen molar-refractivity contribution < 1.29 is 28.7 Å². The van der Waals surface area contributed by atoms with E-state index < -0.39 is 10.8 Å². The lowest BCUT2D eigenvalue weighted by molar-refractivity contribution is -0.384. The van der Waals surface area contributed by atoms with Crippen molar-refractivity contribution in [3.63, 3.8) is 0 Å². The lowest BCUT2D eigenvalue weighted by Crippen LogP contribution is -2.23. The SMILES string of the molecule is COc1ccc(Oc2ccc([N+](=O)[O-])cc2C(=O)NCc2ccc(OC)c(OC)c2)cc1. The first-order valence-corrected chi connectivity index (χ1v) is 9.54. The molecular formula is C23H22N2O7. The zero-order chi connectivity index (χ0) is 23.1. The summed E-state index contributed by atoms with van der Waals surface area (Å²) in [6, 6.07) is 15.9. The Morgan fingerprint density at radius 2 is 1.50 bits per heavy atom. The van der Waals surface area contributed by atoms with E-state index in [0.29, 0.717) is 23.0 Å². The lowest BCUT2D eigenvalue weighted by atomic mass is 10.1. The van der Waals surface area contributed by atoms with E-state index in [2.05, 4.69) is 5.32 Å². The zero-order valence-electron chi connectivity index (χ0n) is 17.8. The number of carbonyl (C=O) groups is 1. The number of methoxy groups -OCH3 is 3. The quantitative estimate of drug-likeness (QED) is 0.391. The van der Waals surface area contributed by atoms with Crippen molar-refractivity contribution >= 4 is 11.6 Å². The number of rotatable bonds is 9. The Kier molecular flexibility index (Phi) is 7.12. The van der Waals surface area contributed by atoms with Crippen LogP contribution >= 0.6 is 0 Å². The number of nitrogens with zero attached hydrogens (tertiary/aromatic N) is 1. The van der Waals surface area contributed by atoms with Gasteiger partial charge in [0.05, 0.1) is 31.8 Å². The summed E-state index contributed by atoms with van der Waals surface area (Å²) in [5, 5.41) is 14.0. The van der Waals surface area contributed by atoms with Gasteiger partial charge >= 0.3 is 0 Å². The molecule has 0 unspecified atom stereocenters. The van der Waals surface area contributed by atoms with E-state index in [4.69, 9.17) is 18.9 Å². The first kappa shape index (κ1) is 22.4. The molecule has 9 nitrogen and oxygen atoms in total. The Morgan fingerprint density at radius 3 is 2.12 bits per heavy atom. The molecule has 1 N–H and O–H groups in total. The third-order valence-electron chi connectivity index (χ3n) is 4.61. The second kappa shape index (κ2) is 10.2. The van der Waals surface area contributed by atoms with Gasteiger partial charge in [0.15, 0.2) is 11.5 Å². The smallest absolute Gasteiger partial charge is 0.270 e. The van der Waals surface area contributed by atoms with E-state index in [1.807, 2.05) is 0 Å². The van der Waals surface area contributed by atoms with E-state index in [0.717, 1.165) is 5.56 Å². The molecule has 0 aliphatic rings. The first-order chi connectivity index (χ1) is 15.4. The maximum absolute atomic E-state index is 12.9. The molecule has 0 saturated heterocycles. The summed E-state index contributed by atoms with van der Waals surface area (Å²) in [5.74, 6) is 1.86. The van der Waals surface area contributed by atoms with Crippen molar-refractivity contribution in [2.75, 3.05) is 21.3 Å². The molecule has 0 heterocycles. The minimum atomic E-state index is -0.567. The van der Waals surface area contributed by atoms with Gasteiger partial charge in [-0.25, -0.2) is 0 Å². The van der Waals surface area contributed by atoms with Crippen LogP contribution in [0.5, 0.6) is 28.7 Å². The van der Waals surface area contributed by atoms with Crippen LogP contribution in [-0.4, -0.2) is 32.2 Å². The van der Waals surface area contributed by atoms with E-state index >= 15 is 0 Å². The monoisotopic (exact) mass is 438 g/mol. The van der Waals surface area contributed by atoms with Crippen molar-refractivity contribution in [1.82, 2.24) is 5.32 Å². The minimum absolute atomic E-state index is 0.0375. The summed E-state index contributed by atoms with van der Waals surface area (Å²) in [6.07, 6.45) is 0. The van der Waals surface area contributed by atoms with Crippen molar-refractivity contribution in [2.45, 2.75) is 6.54 Å². The summed E-state index contributed by atoms with van der Waals surface area (Å²) < 4.78 is 21.4. The van der Waals surface area contributed by atoms with Gasteiger partial charge in [-0.3, -0.25) is 14.9 Å². The van der Waals surface area contributed by atoms with E-state index in [1.54, 1.807) is 49.6 Å². The highest BCUT2D eigenvalue weighted by molar-refractivity contribution is 5.97. The minimum Gasteiger partial charge on any atom is -0.497 e. The second-order valence-corrected chi connectivity index (χ2v) is 6.59. The molecular weight excluding hydrogens is 416 g/mol. The maximum atomic E-state index is 12.9. The molecule has 1 amide bonds. The average molecular weight is 438 g/mol. The number of ether oxygens (including phenoxy) is 4. The number of hydrogen-bond acceptors (Lipinski definition) is 7. The molecule has 9 heteroatoms. The van der Waals surface area contributed by atoms with Crippen LogP contribution in [0, 0.1) is 10.1 Å². The van der Waals surface area contributed by atoms with Gasteiger partial charge in [-0.15, -0.1) is 0 Å². The number of nitro groups is 1. The number of non-ortho nitro benzene ring substituents is 1. The highest BCUT2D eigenvalue weighted by Crippen LogP contribution is 2.30. The fraction of sp³-hybridized carbons (Fsp3) is 0.174. The third kappa shape index (κ3) is 5.25. The van der Waals surface area contributed by atoms with Crippen LogP contribution in [0.4, 0.5) is 5.69 Å². The summed E-state index contributed by atoms with van der Waals surface area (Å²) >= 11 is 0. The Bertz CT molecular complexity index is 1110. The van der Waals surface area contributed by atoms with E-state index in [9.17, 15) is 14.9 Å². The maximum Gasteiger partial charge on any atom is 0.270 e. The Balaban J connectivity index is 1.82. The summed E-state index contributed by atoms with van der Waals surface area (Å²) in [4.78, 5) is 23.5. The van der Waals surface area contributed by atoms with Gasteiger partial charge in [0, 0.05) is 18.7 Å². The number of nitro benzene ring substituents is 1. The van der Waals surface area contributed by atoms with Gasteiger partial charge < -0.3 is 24.3 Å². The largest absolute Gasteiger partial charge is 0.497 e. The molecule has 0 saturated carbocycles. The average Bonchev–Trinajstić information content (AvgIpc) is 2.82. The number of carbonyl (C=O) groups excluding carboxylic acids is 1. The first-order valence-electron chi connectivity index (χ1n) is 9.54. The van der Waals surface area contributed by atoms with Crippen LogP contribution in [-0.2, 0) is 6.54 Å². The molecule has 0 atom stereocenters. The van der Waals surface area contributed by atoms with Crippen LogP contribution in [0.2, 0.25) is 0 Å². The van der Waals surface area contributed by atoms with E-state index in [1.165, 1.54) is 32.4 Å². The summed E-state index contributed by atoms with van der Waals surface area (Å²) in [7, 11) is 4.60. The van der Waals surface area contributed by atoms with Crippen LogP contribution in [0.1, 0.15) is 15.9 Å². The van der Waals surface area contributed by atoms with Gasteiger partial charge in [-0.1, -0.05) is 6.07 Å². The molecule has 0 aliphatic carbocycles. The highest BCUT2D eigenvalue weighted by atomic mass is 16.6. The zero-order valence-corrected chi connectivity index (χ0v) is 17.8. The predicted molar refractivity (Wildman–Crippen MR) is 117 cm³/mol. The topological polar surface area (TPSA) is 109 Å². The fourth-order valence-corrected chi connectivity index (χ4v) is 2.94. The molecule has 0 aliphatic heterocycles. The van der Waals surface area contributed by atoms with Crippen LogP contribution in [0.25, 0.3) is 0 Å². The number of nitrogens with one attached hydrogen (secondary N) is 1. The van der Waals surface area contributed by atoms with Crippen LogP contribution < -0.4 is 24.3 Å². The molecule has 32 heavy (non-hydrogen) atoms. The second-order valence-electron chi connectivity index (χ2n) is 6.59. The molecule has 3 aromatic carbocycles. The van der Waals surface area contributed by atoms with Crippen molar-refractivity contribution in [3.8, 4) is 28.7 Å². The third-order valence-corrected chi connectivity index (χ3v) is 4.61. The standard InChI is InChI=1S/C23H22N2O7/c1-29-17-6-8-18(9-7-17)32-20-11-5-16(25(27)28)13-19(20)23(26)24-14-15-4-10-21(30-2)22(12-15)31-3/h4-13H,14H2,1-3H3,(H,24,26). The van der Waals surface area contributed by atoms with Crippen molar-refractivity contribution in [1.29, 1.82) is 0 Å². The predicted octanol–water partition coefficient (Wildman–Crippen LogP) is 4.34. The van der Waals surface area contributed by atoms with E-state index in [-0.39, 0.29) is 23.5 Å². The Hall–Kier alpha value is -4.27. The molecule has 166 valence electrons. The van der Waals surface area contributed by atoms with Crippen LogP contribution in [0.15, 0.2) is 60.7 Å². The number of amides is 1. The van der Waals surface area contributed by atoms with Crippen LogP contribution in [0.3, 0.4) is 0 Å². The highest BCUT2D eigenvalue weighted by Gasteiger charge is 2.19. The van der Waals surface area contributed by atoms with Gasteiger partial charge in [0.25, 0.3) is 11.6 Å². The molecule has 0 bridgehead atoms. The Morgan fingerprint density at radius 1 is 0.844 bits per heavy atom. The molecule has 3 rings (SSSR count). The molecule has 0 aromatic heterocycles. The van der Waals surface area contributed by atoms with Gasteiger partial charge in [-0.05, 0) is 48.0 Å². The fourth-order valence-electron chi connectivity index (χ4n) is 2.94. The lowest BCUT2D eigenvalue weighted by Gasteiger charge is -2.13. The number of hydrogen-bond donors (Lipinski definition) is 1. The number of benzene rings is 3. The molecule has 3 aromatic rings. The van der Waals surface area contributed by atoms with Crippen molar-refractivity contribution in [3.05, 3.63) is 81.9 Å². The molecule has 0 spiro atoms. The normalized spacial score (nSPS) is 10.2. The summed E-state index contributed by atoms with van der Waals surface area (Å²) in [5.41, 5.74) is 0.581. The molecule has 0 fully saturated rings. The Labute approximate surface area is 184 Å². The molecule has 0 radical (unpaired) electrons. The summed E-state index contributed by atoms with van der Waals surface area (Å²) in [6.45, 7) is 0.170. The van der Waals surface area contributed by atoms with Crippen molar-refractivity contribution in [2.24, 2.45) is 0 Å².